The van der Waals surface area contributed by atoms with Gasteiger partial charge < -0.3 is 14.5 Å². The molecule has 0 aromatic heterocycles. The van der Waals surface area contributed by atoms with Crippen LogP contribution in [0, 0.1) is 6.92 Å². The van der Waals surface area contributed by atoms with Crippen LogP contribution in [0.4, 0.5) is 5.69 Å². The van der Waals surface area contributed by atoms with Gasteiger partial charge in [0.1, 0.15) is 11.5 Å². The lowest BCUT2D eigenvalue weighted by Gasteiger charge is -2.36. The SMILES string of the molecule is Cc1cccc(C(=O)N2CCN(c3ccc(Oc4ccccc4)cc3)CC2)c1. The molecule has 0 radical (unpaired) electrons. The van der Waals surface area contributed by atoms with Crippen molar-refractivity contribution in [1.29, 1.82) is 0 Å². The van der Waals surface area contributed by atoms with Gasteiger partial charge in [0.25, 0.3) is 5.91 Å². The molecule has 1 amide bonds. The van der Waals surface area contributed by atoms with Gasteiger partial charge in [0.2, 0.25) is 0 Å². The summed E-state index contributed by atoms with van der Waals surface area (Å²) in [4.78, 5) is 17.0. The van der Waals surface area contributed by atoms with Crippen molar-refractivity contribution in [3.8, 4) is 11.5 Å². The van der Waals surface area contributed by atoms with Gasteiger partial charge in [0.15, 0.2) is 0 Å². The summed E-state index contributed by atoms with van der Waals surface area (Å²) >= 11 is 0. The van der Waals surface area contributed by atoms with Crippen molar-refractivity contribution in [1.82, 2.24) is 4.90 Å². The largest absolute Gasteiger partial charge is 0.457 e. The number of amides is 1. The number of benzene rings is 3. The van der Waals surface area contributed by atoms with E-state index in [-0.39, 0.29) is 5.91 Å². The minimum absolute atomic E-state index is 0.120. The molecule has 0 N–H and O–H groups in total. The maximum absolute atomic E-state index is 12.7. The van der Waals surface area contributed by atoms with Crippen LogP contribution in [-0.2, 0) is 0 Å². The Labute approximate surface area is 166 Å². The van der Waals surface area contributed by atoms with Gasteiger partial charge in [-0.15, -0.1) is 0 Å². The third-order valence-electron chi connectivity index (χ3n) is 5.01. The molecule has 28 heavy (non-hydrogen) atoms. The fourth-order valence-electron chi connectivity index (χ4n) is 3.48. The van der Waals surface area contributed by atoms with Crippen LogP contribution in [0.25, 0.3) is 0 Å². The maximum Gasteiger partial charge on any atom is 0.253 e. The van der Waals surface area contributed by atoms with E-state index < -0.39 is 0 Å². The highest BCUT2D eigenvalue weighted by molar-refractivity contribution is 5.94. The van der Waals surface area contributed by atoms with Crippen LogP contribution in [-0.4, -0.2) is 37.0 Å². The zero-order chi connectivity index (χ0) is 19.3. The Hall–Kier alpha value is -3.27. The van der Waals surface area contributed by atoms with Crippen molar-refractivity contribution in [2.45, 2.75) is 6.92 Å². The molecular weight excluding hydrogens is 348 g/mol. The van der Waals surface area contributed by atoms with E-state index in [9.17, 15) is 4.79 Å². The molecule has 1 aliphatic heterocycles. The molecule has 0 atom stereocenters. The zero-order valence-electron chi connectivity index (χ0n) is 16.0. The third kappa shape index (κ3) is 4.17. The van der Waals surface area contributed by atoms with Crippen LogP contribution in [0.3, 0.4) is 0 Å². The van der Waals surface area contributed by atoms with E-state index >= 15 is 0 Å². The molecule has 1 heterocycles. The minimum Gasteiger partial charge on any atom is -0.457 e. The van der Waals surface area contributed by atoms with Gasteiger partial charge in [-0.05, 0) is 55.5 Å². The number of carbonyl (C=O) groups is 1. The minimum atomic E-state index is 0.120. The summed E-state index contributed by atoms with van der Waals surface area (Å²) in [5, 5.41) is 0. The van der Waals surface area contributed by atoms with Crippen LogP contribution in [0.2, 0.25) is 0 Å². The first kappa shape index (κ1) is 18.1. The molecule has 3 aromatic carbocycles. The van der Waals surface area contributed by atoms with Crippen molar-refractivity contribution < 1.29 is 9.53 Å². The molecule has 4 nitrogen and oxygen atoms in total. The highest BCUT2D eigenvalue weighted by atomic mass is 16.5. The number of nitrogens with zero attached hydrogens (tertiary/aromatic N) is 2. The third-order valence-corrected chi connectivity index (χ3v) is 5.01. The van der Waals surface area contributed by atoms with Gasteiger partial charge >= 0.3 is 0 Å². The number of rotatable bonds is 4. The Morgan fingerprint density at radius 2 is 1.46 bits per heavy atom. The summed E-state index contributed by atoms with van der Waals surface area (Å²) in [6.07, 6.45) is 0. The molecule has 1 saturated heterocycles. The van der Waals surface area contributed by atoms with Crippen LogP contribution < -0.4 is 9.64 Å². The molecular formula is C24H24N2O2. The summed E-state index contributed by atoms with van der Waals surface area (Å²) in [5.41, 5.74) is 3.04. The second-order valence-corrected chi connectivity index (χ2v) is 7.06. The lowest BCUT2D eigenvalue weighted by atomic mass is 10.1. The second kappa shape index (κ2) is 8.17. The van der Waals surface area contributed by atoms with Crippen molar-refractivity contribution in [2.75, 3.05) is 31.1 Å². The summed E-state index contributed by atoms with van der Waals surface area (Å²) < 4.78 is 5.86. The average Bonchev–Trinajstić information content (AvgIpc) is 2.75. The Bertz CT molecular complexity index is 930. The Morgan fingerprint density at radius 1 is 0.786 bits per heavy atom. The Balaban J connectivity index is 1.35. The number of hydrogen-bond acceptors (Lipinski definition) is 3. The average molecular weight is 372 g/mol. The van der Waals surface area contributed by atoms with Crippen molar-refractivity contribution in [2.24, 2.45) is 0 Å². The predicted molar refractivity (Wildman–Crippen MR) is 112 cm³/mol. The number of piperazine rings is 1. The van der Waals surface area contributed by atoms with Gasteiger partial charge in [-0.25, -0.2) is 0 Å². The molecule has 0 aliphatic carbocycles. The highest BCUT2D eigenvalue weighted by Crippen LogP contribution is 2.25. The lowest BCUT2D eigenvalue weighted by Crippen LogP contribution is -2.48. The molecule has 0 bridgehead atoms. The fourth-order valence-corrected chi connectivity index (χ4v) is 3.48. The number of aryl methyl sites for hydroxylation is 1. The van der Waals surface area contributed by atoms with E-state index in [2.05, 4.69) is 17.0 Å². The standard InChI is InChI=1S/C24H24N2O2/c1-19-6-5-7-20(18-19)24(27)26-16-14-25(15-17-26)21-10-12-23(13-11-21)28-22-8-3-2-4-9-22/h2-13,18H,14-17H2,1H3. The molecule has 0 spiro atoms. The summed E-state index contributed by atoms with van der Waals surface area (Å²) in [5.74, 6) is 1.77. The predicted octanol–water partition coefficient (Wildman–Crippen LogP) is 4.75. The normalized spacial score (nSPS) is 14.0. The van der Waals surface area contributed by atoms with Gasteiger partial charge in [-0.1, -0.05) is 35.9 Å². The first-order valence-corrected chi connectivity index (χ1v) is 9.63. The Morgan fingerprint density at radius 3 is 2.14 bits per heavy atom. The van der Waals surface area contributed by atoms with Crippen LogP contribution in [0.5, 0.6) is 11.5 Å². The smallest absolute Gasteiger partial charge is 0.253 e. The van der Waals surface area contributed by atoms with E-state index in [1.165, 1.54) is 0 Å². The Kier molecular flexibility index (Phi) is 5.29. The van der Waals surface area contributed by atoms with Gasteiger partial charge in [-0.2, -0.15) is 0 Å². The number of hydrogen-bond donors (Lipinski definition) is 0. The molecule has 142 valence electrons. The summed E-state index contributed by atoms with van der Waals surface area (Å²) in [6, 6.07) is 25.7. The van der Waals surface area contributed by atoms with E-state index in [0.717, 1.165) is 54.5 Å². The van der Waals surface area contributed by atoms with E-state index in [0.29, 0.717) is 0 Å². The van der Waals surface area contributed by atoms with Gasteiger partial charge in [-0.3, -0.25) is 4.79 Å². The summed E-state index contributed by atoms with van der Waals surface area (Å²) in [6.45, 7) is 5.14. The number of para-hydroxylation sites is 1. The summed E-state index contributed by atoms with van der Waals surface area (Å²) in [7, 11) is 0. The highest BCUT2D eigenvalue weighted by Gasteiger charge is 2.22. The monoisotopic (exact) mass is 372 g/mol. The topological polar surface area (TPSA) is 32.8 Å². The van der Waals surface area contributed by atoms with E-state index in [4.69, 9.17) is 4.74 Å². The van der Waals surface area contributed by atoms with Crippen molar-refractivity contribution >= 4 is 11.6 Å². The second-order valence-electron chi connectivity index (χ2n) is 7.06. The quantitative estimate of drug-likeness (QED) is 0.663. The van der Waals surface area contributed by atoms with Crippen molar-refractivity contribution in [3.05, 3.63) is 90.0 Å². The van der Waals surface area contributed by atoms with Gasteiger partial charge in [0.05, 0.1) is 0 Å². The van der Waals surface area contributed by atoms with E-state index in [1.54, 1.807) is 0 Å². The van der Waals surface area contributed by atoms with Crippen LogP contribution in [0.15, 0.2) is 78.9 Å². The lowest BCUT2D eigenvalue weighted by molar-refractivity contribution is 0.0746. The van der Waals surface area contributed by atoms with Crippen molar-refractivity contribution in [3.63, 3.8) is 0 Å². The molecule has 3 aromatic rings. The molecule has 4 heteroatoms. The fraction of sp³-hybridized carbons (Fsp3) is 0.208. The first-order valence-electron chi connectivity index (χ1n) is 9.63. The van der Waals surface area contributed by atoms with Crippen LogP contribution >= 0.6 is 0 Å². The molecule has 1 fully saturated rings. The maximum atomic E-state index is 12.7. The molecule has 0 saturated carbocycles. The number of carbonyl (C=O) groups excluding carboxylic acids is 1. The molecule has 0 unspecified atom stereocenters. The zero-order valence-corrected chi connectivity index (χ0v) is 16.0. The van der Waals surface area contributed by atoms with Crippen LogP contribution in [0.1, 0.15) is 15.9 Å². The van der Waals surface area contributed by atoms with Gasteiger partial charge in [0, 0.05) is 37.4 Å². The molecule has 4 rings (SSSR count). The van der Waals surface area contributed by atoms with E-state index in [1.807, 2.05) is 78.6 Å². The first-order chi connectivity index (χ1) is 13.7. The molecule has 1 aliphatic rings. The number of anilines is 1. The number of ether oxygens (including phenoxy) is 1.